The second kappa shape index (κ2) is 8.03. The van der Waals surface area contributed by atoms with E-state index in [4.69, 9.17) is 4.33 Å². The van der Waals surface area contributed by atoms with Gasteiger partial charge >= 0.3 is 0 Å². The van der Waals surface area contributed by atoms with E-state index in [1.54, 1.807) is 55.5 Å². The highest BCUT2D eigenvalue weighted by molar-refractivity contribution is 7.94. The molecule has 1 heterocycles. The molecule has 0 saturated heterocycles. The third-order valence-corrected chi connectivity index (χ3v) is 5.00. The molecule has 0 aromatic heterocycles. The predicted octanol–water partition coefficient (Wildman–Crippen LogP) is 4.32. The lowest BCUT2D eigenvalue weighted by Gasteiger charge is -2.11. The molecule has 7 nitrogen and oxygen atoms in total. The lowest BCUT2D eigenvalue weighted by atomic mass is 9.90. The van der Waals surface area contributed by atoms with Gasteiger partial charge in [0, 0.05) is 21.2 Å². The van der Waals surface area contributed by atoms with E-state index in [0.717, 1.165) is 16.9 Å². The third kappa shape index (κ3) is 3.37. The van der Waals surface area contributed by atoms with Crippen LogP contribution in [0.2, 0.25) is 0 Å². The number of aromatic hydroxyl groups is 1. The molecule has 3 aromatic rings. The minimum Gasteiger partial charge on any atom is -0.507 e. The molecule has 29 heavy (non-hydrogen) atoms. The molecule has 1 aliphatic rings. The molecule has 0 atom stereocenters. The molecule has 0 aliphatic carbocycles. The zero-order valence-electron chi connectivity index (χ0n) is 15.2. The normalized spacial score (nSPS) is 12.7. The highest BCUT2D eigenvalue weighted by atomic mass is 32.2. The van der Waals surface area contributed by atoms with Crippen molar-refractivity contribution in [2.45, 2.75) is 11.8 Å². The second-order valence-corrected chi connectivity index (χ2v) is 6.82. The minimum atomic E-state index is -0.542. The molecular formula is C21H14N2O5S. The lowest BCUT2D eigenvalue weighted by Crippen LogP contribution is -2.04. The number of carbonyl (C=O) groups is 1. The average Bonchev–Trinajstić information content (AvgIpc) is 3.10. The summed E-state index contributed by atoms with van der Waals surface area (Å²) in [5.41, 5.74) is 1.58. The van der Waals surface area contributed by atoms with E-state index in [-0.39, 0.29) is 22.4 Å². The first-order chi connectivity index (χ1) is 14.2. The molecule has 1 N–H and O–H groups in total. The maximum atomic E-state index is 12.6. The molecule has 1 amide bonds. The van der Waals surface area contributed by atoms with Crippen molar-refractivity contribution in [1.82, 2.24) is 0 Å². The Morgan fingerprint density at radius 1 is 1.10 bits per heavy atom. The Labute approximate surface area is 170 Å². The van der Waals surface area contributed by atoms with Gasteiger partial charge in [-0.1, -0.05) is 41.4 Å². The number of fused-ring (bicyclic) bond motifs is 2. The van der Waals surface area contributed by atoms with Gasteiger partial charge in [0.15, 0.2) is 0 Å². The Morgan fingerprint density at radius 3 is 2.52 bits per heavy atom. The molecule has 8 heteroatoms. The van der Waals surface area contributed by atoms with Crippen LogP contribution in [0, 0.1) is 11.3 Å². The first kappa shape index (κ1) is 19.1. The molecule has 0 spiro atoms. The van der Waals surface area contributed by atoms with Gasteiger partial charge < -0.3 is 5.11 Å². The number of benzene rings is 3. The monoisotopic (exact) mass is 406 g/mol. The highest BCUT2D eigenvalue weighted by Crippen LogP contribution is 2.40. The number of aliphatic imine (C=N–C) groups is 1. The van der Waals surface area contributed by atoms with Crippen LogP contribution in [0.15, 0.2) is 58.4 Å². The van der Waals surface area contributed by atoms with Gasteiger partial charge in [0.2, 0.25) is 0 Å². The molecular weight excluding hydrogens is 392 g/mol. The van der Waals surface area contributed by atoms with Crippen molar-refractivity contribution in [3.63, 3.8) is 0 Å². The SMILES string of the molecule is CCOOOSc1ccc(C2=NC(=O)c3c2c(O)c2ccccc2c3C#N)cc1. The molecule has 0 radical (unpaired) electrons. The molecule has 0 fully saturated rings. The Balaban J connectivity index is 1.74. The van der Waals surface area contributed by atoms with Gasteiger partial charge in [0.1, 0.15) is 11.8 Å². The number of hydrogen-bond acceptors (Lipinski definition) is 7. The van der Waals surface area contributed by atoms with Crippen molar-refractivity contribution >= 4 is 34.4 Å². The largest absolute Gasteiger partial charge is 0.507 e. The maximum Gasteiger partial charge on any atom is 0.279 e. The van der Waals surface area contributed by atoms with Crippen LogP contribution in [-0.4, -0.2) is 23.3 Å². The third-order valence-electron chi connectivity index (χ3n) is 4.42. The summed E-state index contributed by atoms with van der Waals surface area (Å²) >= 11 is 0.962. The number of rotatable bonds is 6. The van der Waals surface area contributed by atoms with E-state index in [1.807, 2.05) is 0 Å². The van der Waals surface area contributed by atoms with E-state index in [9.17, 15) is 15.2 Å². The smallest absolute Gasteiger partial charge is 0.279 e. The van der Waals surface area contributed by atoms with Crippen molar-refractivity contribution in [3.8, 4) is 11.8 Å². The Kier molecular flexibility index (Phi) is 5.29. The molecule has 1 aliphatic heterocycles. The molecule has 0 bridgehead atoms. The van der Waals surface area contributed by atoms with Crippen molar-refractivity contribution < 1.29 is 24.2 Å². The summed E-state index contributed by atoms with van der Waals surface area (Å²) in [6.45, 7) is 2.12. The van der Waals surface area contributed by atoms with Crippen LogP contribution in [0.4, 0.5) is 0 Å². The number of nitriles is 1. The van der Waals surface area contributed by atoms with Crippen molar-refractivity contribution in [2.24, 2.45) is 4.99 Å². The van der Waals surface area contributed by atoms with Crippen LogP contribution in [0.25, 0.3) is 10.8 Å². The van der Waals surface area contributed by atoms with E-state index in [0.29, 0.717) is 28.7 Å². The Bertz CT molecular complexity index is 1180. The summed E-state index contributed by atoms with van der Waals surface area (Å²) in [4.78, 5) is 22.1. The van der Waals surface area contributed by atoms with Crippen LogP contribution in [0.5, 0.6) is 5.75 Å². The van der Waals surface area contributed by atoms with E-state index < -0.39 is 5.91 Å². The van der Waals surface area contributed by atoms with E-state index in [2.05, 4.69) is 21.0 Å². The lowest BCUT2D eigenvalue weighted by molar-refractivity contribution is -0.458. The number of phenolic OH excluding ortho intramolecular Hbond substituents is 1. The first-order valence-electron chi connectivity index (χ1n) is 8.70. The molecule has 4 rings (SSSR count). The topological polar surface area (TPSA) is 101 Å². The molecule has 0 saturated carbocycles. The zero-order chi connectivity index (χ0) is 20.4. The summed E-state index contributed by atoms with van der Waals surface area (Å²) in [5, 5.41) is 26.0. The van der Waals surface area contributed by atoms with Crippen LogP contribution >= 0.6 is 12.0 Å². The first-order valence-corrected chi connectivity index (χ1v) is 9.44. The summed E-state index contributed by atoms with van der Waals surface area (Å²) < 4.78 is 4.83. The van der Waals surface area contributed by atoms with Gasteiger partial charge in [-0.3, -0.25) is 4.79 Å². The van der Waals surface area contributed by atoms with Crippen LogP contribution < -0.4 is 0 Å². The fourth-order valence-corrected chi connectivity index (χ4v) is 3.59. The van der Waals surface area contributed by atoms with Crippen molar-refractivity contribution in [1.29, 1.82) is 5.26 Å². The number of amides is 1. The van der Waals surface area contributed by atoms with Crippen LogP contribution in [-0.2, 0) is 14.3 Å². The van der Waals surface area contributed by atoms with Gasteiger partial charge in [0.25, 0.3) is 5.91 Å². The van der Waals surface area contributed by atoms with Crippen LogP contribution in [0.3, 0.4) is 0 Å². The standard InChI is InChI=1S/C21H14N2O5S/c1-2-26-27-28-29-13-9-7-12(8-10-13)19-18-17(21(25)23-19)16(11-22)14-5-3-4-6-15(14)20(18)24/h3-10,24H,2H2,1H3. The van der Waals surface area contributed by atoms with Gasteiger partial charge in [-0.2, -0.15) is 5.26 Å². The fourth-order valence-electron chi connectivity index (χ4n) is 3.19. The van der Waals surface area contributed by atoms with E-state index in [1.165, 1.54) is 0 Å². The Morgan fingerprint density at radius 2 is 1.83 bits per heavy atom. The summed E-state index contributed by atoms with van der Waals surface area (Å²) in [5.74, 6) is -0.606. The summed E-state index contributed by atoms with van der Waals surface area (Å²) in [6.07, 6.45) is 0. The van der Waals surface area contributed by atoms with E-state index >= 15 is 0 Å². The van der Waals surface area contributed by atoms with Gasteiger partial charge in [-0.05, 0) is 19.1 Å². The number of hydrogen-bond donors (Lipinski definition) is 1. The van der Waals surface area contributed by atoms with Gasteiger partial charge in [0.05, 0.1) is 41.1 Å². The van der Waals surface area contributed by atoms with Crippen molar-refractivity contribution in [2.75, 3.05) is 6.61 Å². The molecule has 0 unspecified atom stereocenters. The average molecular weight is 406 g/mol. The number of nitrogens with zero attached hydrogens (tertiary/aromatic N) is 2. The summed E-state index contributed by atoms with van der Waals surface area (Å²) in [6, 6.07) is 16.0. The van der Waals surface area contributed by atoms with Gasteiger partial charge in [-0.25, -0.2) is 9.88 Å². The maximum absolute atomic E-state index is 12.6. The molecule has 144 valence electrons. The quantitative estimate of drug-likeness (QED) is 0.282. The molecule has 3 aromatic carbocycles. The van der Waals surface area contributed by atoms with Crippen molar-refractivity contribution in [3.05, 3.63) is 70.8 Å². The number of carbonyl (C=O) groups excluding carboxylic acids is 1. The number of phenols is 1. The zero-order valence-corrected chi connectivity index (χ0v) is 16.0. The summed E-state index contributed by atoms with van der Waals surface area (Å²) in [7, 11) is 0. The second-order valence-electron chi connectivity index (χ2n) is 6.05. The minimum absolute atomic E-state index is 0.0638. The highest BCUT2D eigenvalue weighted by Gasteiger charge is 2.32. The Hall–Kier alpha value is -3.22. The predicted molar refractivity (Wildman–Crippen MR) is 106 cm³/mol. The van der Waals surface area contributed by atoms with Crippen LogP contribution in [0.1, 0.15) is 34.0 Å². The van der Waals surface area contributed by atoms with Gasteiger partial charge in [-0.15, -0.1) is 4.33 Å². The fraction of sp³-hybridized carbons (Fsp3) is 0.0952.